The van der Waals surface area contributed by atoms with Gasteiger partial charge in [0, 0.05) is 32.2 Å². The summed E-state index contributed by atoms with van der Waals surface area (Å²) in [5.74, 6) is 0.102. The SMILES string of the molecule is COCCn1cncc1Cn1ccnc1-c1c(F)cccc1Cl. The average Bonchev–Trinajstić information content (AvgIpc) is 3.16. The largest absolute Gasteiger partial charge is 0.383 e. The fraction of sp³-hybridized carbons (Fsp3) is 0.250. The molecule has 3 rings (SSSR count). The van der Waals surface area contributed by atoms with Gasteiger partial charge in [-0.05, 0) is 12.1 Å². The van der Waals surface area contributed by atoms with E-state index in [0.29, 0.717) is 36.1 Å². The molecule has 0 amide bonds. The summed E-state index contributed by atoms with van der Waals surface area (Å²) in [7, 11) is 1.66. The summed E-state index contributed by atoms with van der Waals surface area (Å²) in [6.07, 6.45) is 6.96. The van der Waals surface area contributed by atoms with Crippen molar-refractivity contribution < 1.29 is 9.13 Å². The van der Waals surface area contributed by atoms with E-state index in [1.54, 1.807) is 44.2 Å². The van der Waals surface area contributed by atoms with Crippen LogP contribution in [0.25, 0.3) is 11.4 Å². The Morgan fingerprint density at radius 3 is 2.96 bits per heavy atom. The molecule has 0 N–H and O–H groups in total. The van der Waals surface area contributed by atoms with Crippen molar-refractivity contribution in [1.82, 2.24) is 19.1 Å². The van der Waals surface area contributed by atoms with Gasteiger partial charge >= 0.3 is 0 Å². The Hall–Kier alpha value is -2.18. The minimum atomic E-state index is -0.391. The number of imidazole rings is 2. The predicted molar refractivity (Wildman–Crippen MR) is 85.8 cm³/mol. The summed E-state index contributed by atoms with van der Waals surface area (Å²) in [6.45, 7) is 1.82. The number of hydrogen-bond acceptors (Lipinski definition) is 3. The first-order valence-electron chi connectivity index (χ1n) is 7.14. The number of halogens is 2. The van der Waals surface area contributed by atoms with Crippen molar-refractivity contribution in [1.29, 1.82) is 0 Å². The summed E-state index contributed by atoms with van der Waals surface area (Å²) >= 11 is 6.15. The smallest absolute Gasteiger partial charge is 0.144 e. The minimum absolute atomic E-state index is 0.308. The van der Waals surface area contributed by atoms with Crippen LogP contribution in [0.2, 0.25) is 5.02 Å². The number of ether oxygens (including phenoxy) is 1. The topological polar surface area (TPSA) is 44.9 Å². The second kappa shape index (κ2) is 6.93. The number of rotatable bonds is 6. The average molecular weight is 335 g/mol. The van der Waals surface area contributed by atoms with Gasteiger partial charge in [0.15, 0.2) is 0 Å². The Bertz CT molecular complexity index is 779. The molecule has 0 fully saturated rings. The van der Waals surface area contributed by atoms with E-state index in [-0.39, 0.29) is 0 Å². The Kier molecular flexibility index (Phi) is 4.73. The molecule has 0 aliphatic rings. The molecule has 1 aromatic carbocycles. The minimum Gasteiger partial charge on any atom is -0.383 e. The van der Waals surface area contributed by atoms with Crippen LogP contribution >= 0.6 is 11.6 Å². The molecule has 0 saturated heterocycles. The molecule has 0 radical (unpaired) electrons. The summed E-state index contributed by atoms with van der Waals surface area (Å²) in [5.41, 5.74) is 1.29. The molecule has 120 valence electrons. The highest BCUT2D eigenvalue weighted by molar-refractivity contribution is 6.33. The van der Waals surface area contributed by atoms with Gasteiger partial charge in [0.05, 0.1) is 35.8 Å². The molecule has 2 aromatic heterocycles. The van der Waals surface area contributed by atoms with Gasteiger partial charge in [-0.2, -0.15) is 0 Å². The lowest BCUT2D eigenvalue weighted by Crippen LogP contribution is -2.10. The van der Waals surface area contributed by atoms with Crippen LogP contribution in [0.1, 0.15) is 5.69 Å². The molecule has 0 spiro atoms. The molecule has 0 unspecified atom stereocenters. The number of nitrogens with zero attached hydrogens (tertiary/aromatic N) is 4. The van der Waals surface area contributed by atoms with Gasteiger partial charge in [0.1, 0.15) is 11.6 Å². The maximum absolute atomic E-state index is 14.1. The second-order valence-corrected chi connectivity index (χ2v) is 5.45. The molecular weight excluding hydrogens is 319 g/mol. The Morgan fingerprint density at radius 2 is 2.17 bits per heavy atom. The Morgan fingerprint density at radius 1 is 1.30 bits per heavy atom. The van der Waals surface area contributed by atoms with Gasteiger partial charge in [0.25, 0.3) is 0 Å². The fourth-order valence-electron chi connectivity index (χ4n) is 2.42. The Balaban J connectivity index is 1.92. The highest BCUT2D eigenvalue weighted by Crippen LogP contribution is 2.29. The predicted octanol–water partition coefficient (Wildman–Crippen LogP) is 3.23. The van der Waals surface area contributed by atoms with Gasteiger partial charge < -0.3 is 13.9 Å². The van der Waals surface area contributed by atoms with E-state index < -0.39 is 5.82 Å². The van der Waals surface area contributed by atoms with Crippen molar-refractivity contribution in [2.45, 2.75) is 13.1 Å². The molecule has 5 nitrogen and oxygen atoms in total. The Labute approximate surface area is 138 Å². The van der Waals surface area contributed by atoms with E-state index in [1.807, 2.05) is 9.13 Å². The van der Waals surface area contributed by atoms with Crippen LogP contribution in [-0.4, -0.2) is 32.8 Å². The van der Waals surface area contributed by atoms with E-state index in [9.17, 15) is 4.39 Å². The molecule has 23 heavy (non-hydrogen) atoms. The van der Waals surface area contributed by atoms with E-state index in [1.165, 1.54) is 6.07 Å². The van der Waals surface area contributed by atoms with Gasteiger partial charge in [-0.1, -0.05) is 17.7 Å². The van der Waals surface area contributed by atoms with Crippen LogP contribution in [0.4, 0.5) is 4.39 Å². The third-order valence-corrected chi connectivity index (χ3v) is 3.88. The first kappa shape index (κ1) is 15.7. The van der Waals surface area contributed by atoms with Gasteiger partial charge in [-0.15, -0.1) is 0 Å². The molecule has 0 bridgehead atoms. The number of benzene rings is 1. The zero-order valence-electron chi connectivity index (χ0n) is 12.6. The van der Waals surface area contributed by atoms with Crippen LogP contribution < -0.4 is 0 Å². The first-order chi connectivity index (χ1) is 11.2. The van der Waals surface area contributed by atoms with Crippen molar-refractivity contribution in [3.8, 4) is 11.4 Å². The van der Waals surface area contributed by atoms with Crippen molar-refractivity contribution in [3.05, 3.63) is 59.7 Å². The zero-order valence-corrected chi connectivity index (χ0v) is 13.4. The summed E-state index contributed by atoms with van der Waals surface area (Å²) < 4.78 is 23.1. The normalized spacial score (nSPS) is 11.1. The summed E-state index contributed by atoms with van der Waals surface area (Å²) in [4.78, 5) is 8.43. The highest BCUT2D eigenvalue weighted by Gasteiger charge is 2.16. The quantitative estimate of drug-likeness (QED) is 0.695. The van der Waals surface area contributed by atoms with E-state index in [0.717, 1.165) is 5.69 Å². The van der Waals surface area contributed by atoms with Crippen molar-refractivity contribution in [2.24, 2.45) is 0 Å². The maximum atomic E-state index is 14.1. The van der Waals surface area contributed by atoms with Gasteiger partial charge in [0.2, 0.25) is 0 Å². The maximum Gasteiger partial charge on any atom is 0.144 e. The summed E-state index contributed by atoms with van der Waals surface area (Å²) in [6, 6.07) is 4.61. The van der Waals surface area contributed by atoms with Gasteiger partial charge in [-0.25, -0.2) is 14.4 Å². The number of aromatic nitrogens is 4. The van der Waals surface area contributed by atoms with E-state index in [4.69, 9.17) is 16.3 Å². The highest BCUT2D eigenvalue weighted by atomic mass is 35.5. The molecule has 0 saturated carbocycles. The van der Waals surface area contributed by atoms with Crippen LogP contribution in [-0.2, 0) is 17.8 Å². The number of methoxy groups -OCH3 is 1. The lowest BCUT2D eigenvalue weighted by molar-refractivity contribution is 0.186. The van der Waals surface area contributed by atoms with Crippen molar-refractivity contribution in [3.63, 3.8) is 0 Å². The van der Waals surface area contributed by atoms with Gasteiger partial charge in [-0.3, -0.25) is 0 Å². The molecule has 7 heteroatoms. The molecular formula is C16H16ClFN4O. The van der Waals surface area contributed by atoms with Crippen LogP contribution in [0.3, 0.4) is 0 Å². The lowest BCUT2D eigenvalue weighted by atomic mass is 10.2. The lowest BCUT2D eigenvalue weighted by Gasteiger charge is -2.12. The standard InChI is InChI=1S/C16H16ClFN4O/c1-23-8-7-22-11-19-9-12(22)10-21-6-5-20-16(21)15-13(17)3-2-4-14(15)18/h2-6,9,11H,7-8,10H2,1H3. The zero-order chi connectivity index (χ0) is 16.2. The molecule has 0 aliphatic heterocycles. The van der Waals surface area contributed by atoms with E-state index in [2.05, 4.69) is 9.97 Å². The number of hydrogen-bond donors (Lipinski definition) is 0. The second-order valence-electron chi connectivity index (χ2n) is 5.05. The fourth-order valence-corrected chi connectivity index (χ4v) is 2.67. The van der Waals surface area contributed by atoms with Crippen molar-refractivity contribution >= 4 is 11.6 Å². The van der Waals surface area contributed by atoms with Crippen LogP contribution in [0.15, 0.2) is 43.1 Å². The molecule has 3 aromatic rings. The third-order valence-electron chi connectivity index (χ3n) is 3.57. The van der Waals surface area contributed by atoms with Crippen LogP contribution in [0, 0.1) is 5.82 Å². The monoisotopic (exact) mass is 334 g/mol. The van der Waals surface area contributed by atoms with Crippen LogP contribution in [0.5, 0.6) is 0 Å². The third kappa shape index (κ3) is 3.28. The first-order valence-corrected chi connectivity index (χ1v) is 7.52. The molecule has 0 atom stereocenters. The van der Waals surface area contributed by atoms with Crippen molar-refractivity contribution in [2.75, 3.05) is 13.7 Å². The molecule has 2 heterocycles. The molecule has 0 aliphatic carbocycles. The summed E-state index contributed by atoms with van der Waals surface area (Å²) in [5, 5.41) is 0.338. The van der Waals surface area contributed by atoms with E-state index >= 15 is 0 Å².